The predicted octanol–water partition coefficient (Wildman–Crippen LogP) is 3.08. The Bertz CT molecular complexity index is 687. The summed E-state index contributed by atoms with van der Waals surface area (Å²) in [6.45, 7) is 13.6. The van der Waals surface area contributed by atoms with Crippen molar-refractivity contribution in [2.75, 3.05) is 6.61 Å². The number of cyclic esters (lactones) is 1. The van der Waals surface area contributed by atoms with E-state index in [2.05, 4.69) is 17.9 Å². The highest BCUT2D eigenvalue weighted by atomic mass is 16.6. The molecule has 1 aromatic rings. The van der Waals surface area contributed by atoms with E-state index in [4.69, 9.17) is 9.84 Å². The van der Waals surface area contributed by atoms with Gasteiger partial charge in [-0.25, -0.2) is 14.4 Å². The molecular weight excluding hydrogens is 352 g/mol. The highest BCUT2D eigenvalue weighted by Gasteiger charge is 2.30. The number of benzene rings is 1. The first-order valence-corrected chi connectivity index (χ1v) is 8.14. The Morgan fingerprint density at radius 2 is 1.63 bits per heavy atom. The van der Waals surface area contributed by atoms with Crippen molar-refractivity contribution in [3.8, 4) is 5.75 Å². The van der Waals surface area contributed by atoms with Gasteiger partial charge in [-0.15, -0.1) is 0 Å². The zero-order valence-corrected chi connectivity index (χ0v) is 16.1. The molecular formula is C20H26O7. The van der Waals surface area contributed by atoms with E-state index in [1.165, 1.54) is 13.8 Å². The molecule has 1 aromatic carbocycles. The molecule has 1 heterocycles. The van der Waals surface area contributed by atoms with Crippen molar-refractivity contribution in [3.63, 3.8) is 0 Å². The maximum Gasteiger partial charge on any atom is 0.347 e. The number of hydrogen-bond donors (Lipinski definition) is 2. The maximum atomic E-state index is 10.9. The standard InChI is InChI=1S/C8H10O4.C8H10O.C4H6O2/c1-5(2)7(9)12-6-3-4-11-8(6)10;1-6-4-3-5-7(2)8(6)9;1-3(2)4(5)6/h6H,1,3-4H2,2H3;3-5,9H,1-2H3;1H2,2H3,(H,5,6). The molecule has 1 unspecified atom stereocenters. The largest absolute Gasteiger partial charge is 0.507 e. The van der Waals surface area contributed by atoms with Crippen LogP contribution in [0.15, 0.2) is 42.5 Å². The normalized spacial score (nSPS) is 14.5. The molecule has 148 valence electrons. The summed E-state index contributed by atoms with van der Waals surface area (Å²) in [7, 11) is 0. The van der Waals surface area contributed by atoms with E-state index in [9.17, 15) is 19.5 Å². The van der Waals surface area contributed by atoms with Crippen LogP contribution in [0.1, 0.15) is 31.4 Å². The lowest BCUT2D eigenvalue weighted by Gasteiger charge is -2.06. The fourth-order valence-corrected chi connectivity index (χ4v) is 1.62. The third-order valence-corrected chi connectivity index (χ3v) is 3.29. The van der Waals surface area contributed by atoms with Gasteiger partial charge in [0.1, 0.15) is 5.75 Å². The van der Waals surface area contributed by atoms with Gasteiger partial charge in [0.05, 0.1) is 6.61 Å². The molecule has 0 radical (unpaired) electrons. The lowest BCUT2D eigenvalue weighted by atomic mass is 10.1. The Morgan fingerprint density at radius 1 is 1.15 bits per heavy atom. The number of para-hydroxylation sites is 1. The molecule has 1 saturated heterocycles. The molecule has 0 amide bonds. The van der Waals surface area contributed by atoms with Crippen LogP contribution in [0.2, 0.25) is 0 Å². The molecule has 0 bridgehead atoms. The van der Waals surface area contributed by atoms with Crippen molar-refractivity contribution in [2.24, 2.45) is 0 Å². The molecule has 0 spiro atoms. The monoisotopic (exact) mass is 378 g/mol. The molecule has 7 heteroatoms. The van der Waals surface area contributed by atoms with Gasteiger partial charge in [0.25, 0.3) is 0 Å². The third-order valence-electron chi connectivity index (χ3n) is 3.29. The van der Waals surface area contributed by atoms with Crippen molar-refractivity contribution in [1.82, 2.24) is 0 Å². The molecule has 2 N–H and O–H groups in total. The molecule has 7 nitrogen and oxygen atoms in total. The molecule has 1 atom stereocenters. The molecule has 1 aliphatic heterocycles. The molecule has 27 heavy (non-hydrogen) atoms. The van der Waals surface area contributed by atoms with Crippen LogP contribution in [-0.2, 0) is 23.9 Å². The van der Waals surface area contributed by atoms with Crippen LogP contribution in [0.3, 0.4) is 0 Å². The minimum Gasteiger partial charge on any atom is -0.507 e. The van der Waals surface area contributed by atoms with E-state index in [0.29, 0.717) is 18.8 Å². The number of carbonyl (C=O) groups excluding carboxylic acids is 2. The van der Waals surface area contributed by atoms with Crippen molar-refractivity contribution < 1.29 is 34.1 Å². The number of phenols is 1. The predicted molar refractivity (Wildman–Crippen MR) is 100 cm³/mol. The SMILES string of the molecule is C=C(C)C(=O)O.C=C(C)C(=O)OC1CCOC1=O.Cc1cccc(C)c1O. The van der Waals surface area contributed by atoms with Gasteiger partial charge in [0.15, 0.2) is 0 Å². The van der Waals surface area contributed by atoms with Crippen molar-refractivity contribution in [1.29, 1.82) is 0 Å². The van der Waals surface area contributed by atoms with Gasteiger partial charge in [-0.2, -0.15) is 0 Å². The minimum atomic E-state index is -0.935. The summed E-state index contributed by atoms with van der Waals surface area (Å²) in [4.78, 5) is 31.3. The molecule has 0 aromatic heterocycles. The number of esters is 2. The number of carboxylic acid groups (broad SMARTS) is 1. The number of aliphatic carboxylic acids is 1. The average molecular weight is 378 g/mol. The number of ether oxygens (including phenoxy) is 2. The summed E-state index contributed by atoms with van der Waals surface area (Å²) in [5.74, 6) is -1.53. The molecule has 0 aliphatic carbocycles. The average Bonchev–Trinajstić information content (AvgIpc) is 2.98. The quantitative estimate of drug-likeness (QED) is 0.614. The Kier molecular flexibility index (Phi) is 10.2. The lowest BCUT2D eigenvalue weighted by Crippen LogP contribution is -2.22. The fraction of sp³-hybridized carbons (Fsp3) is 0.350. The molecule has 0 saturated carbocycles. The second-order valence-electron chi connectivity index (χ2n) is 5.96. The number of aromatic hydroxyl groups is 1. The Labute approximate surface area is 158 Å². The highest BCUT2D eigenvalue weighted by molar-refractivity contribution is 5.89. The molecule has 2 rings (SSSR count). The van der Waals surface area contributed by atoms with Crippen molar-refractivity contribution >= 4 is 17.9 Å². The first-order valence-electron chi connectivity index (χ1n) is 8.14. The van der Waals surface area contributed by atoms with Crippen LogP contribution < -0.4 is 0 Å². The first-order chi connectivity index (χ1) is 12.5. The van der Waals surface area contributed by atoms with E-state index in [1.54, 1.807) is 0 Å². The Balaban J connectivity index is 0.000000400. The summed E-state index contributed by atoms with van der Waals surface area (Å²) in [5.41, 5.74) is 2.34. The van der Waals surface area contributed by atoms with Gasteiger partial charge in [-0.05, 0) is 38.8 Å². The van der Waals surface area contributed by atoms with E-state index in [1.807, 2.05) is 32.0 Å². The Hall–Kier alpha value is -3.09. The fourth-order valence-electron chi connectivity index (χ4n) is 1.62. The number of aryl methyl sites for hydroxylation is 2. The van der Waals surface area contributed by atoms with Crippen molar-refractivity contribution in [2.45, 2.75) is 40.2 Å². The van der Waals surface area contributed by atoms with Crippen LogP contribution in [0.25, 0.3) is 0 Å². The maximum absolute atomic E-state index is 10.9. The summed E-state index contributed by atoms with van der Waals surface area (Å²) >= 11 is 0. The zero-order valence-electron chi connectivity index (χ0n) is 16.1. The lowest BCUT2D eigenvalue weighted by molar-refractivity contribution is -0.157. The molecule has 1 fully saturated rings. The van der Waals surface area contributed by atoms with Gasteiger partial charge in [-0.3, -0.25) is 0 Å². The Morgan fingerprint density at radius 3 is 1.93 bits per heavy atom. The number of carbonyl (C=O) groups is 3. The van der Waals surface area contributed by atoms with Gasteiger partial charge in [-0.1, -0.05) is 31.4 Å². The number of rotatable bonds is 3. The number of carboxylic acids is 1. The summed E-state index contributed by atoms with van der Waals surface area (Å²) < 4.78 is 9.37. The summed E-state index contributed by atoms with van der Waals surface area (Å²) in [5, 5.41) is 17.1. The first kappa shape index (κ1) is 23.9. The summed E-state index contributed by atoms with van der Waals surface area (Å²) in [6.07, 6.45) is -0.285. The smallest absolute Gasteiger partial charge is 0.347 e. The van der Waals surface area contributed by atoms with E-state index in [0.717, 1.165) is 11.1 Å². The van der Waals surface area contributed by atoms with E-state index in [-0.39, 0.29) is 11.1 Å². The second-order valence-corrected chi connectivity index (χ2v) is 5.96. The van der Waals surface area contributed by atoms with Crippen LogP contribution in [0.4, 0.5) is 0 Å². The van der Waals surface area contributed by atoms with Crippen LogP contribution in [-0.4, -0.2) is 40.8 Å². The zero-order chi connectivity index (χ0) is 21.1. The second kappa shape index (κ2) is 11.5. The van der Waals surface area contributed by atoms with Crippen molar-refractivity contribution in [3.05, 3.63) is 53.6 Å². The van der Waals surface area contributed by atoms with Crippen LogP contribution in [0.5, 0.6) is 5.75 Å². The minimum absolute atomic E-state index is 0.176. The number of phenolic OH excluding ortho intramolecular Hbond substituents is 1. The van der Waals surface area contributed by atoms with Crippen LogP contribution >= 0.6 is 0 Å². The highest BCUT2D eigenvalue weighted by Crippen LogP contribution is 2.19. The third kappa shape index (κ3) is 9.25. The topological polar surface area (TPSA) is 110 Å². The van der Waals surface area contributed by atoms with E-state index < -0.39 is 24.0 Å². The summed E-state index contributed by atoms with van der Waals surface area (Å²) in [6, 6.07) is 5.72. The van der Waals surface area contributed by atoms with Gasteiger partial charge < -0.3 is 19.7 Å². The van der Waals surface area contributed by atoms with Gasteiger partial charge in [0.2, 0.25) is 6.10 Å². The molecule has 1 aliphatic rings. The van der Waals surface area contributed by atoms with Gasteiger partial charge >= 0.3 is 17.9 Å². The van der Waals surface area contributed by atoms with E-state index >= 15 is 0 Å². The van der Waals surface area contributed by atoms with Gasteiger partial charge in [0, 0.05) is 17.6 Å². The number of hydrogen-bond acceptors (Lipinski definition) is 6. The van der Waals surface area contributed by atoms with Crippen LogP contribution in [0, 0.1) is 13.8 Å².